The van der Waals surface area contributed by atoms with Gasteiger partial charge in [-0.3, -0.25) is 4.79 Å². The third kappa shape index (κ3) is 1.14. The molecule has 0 N–H and O–H groups in total. The molecule has 1 saturated heterocycles. The minimum Gasteiger partial charge on any atom is -0.365 e. The molecule has 2 heteroatoms. The Morgan fingerprint density at radius 1 is 1.44 bits per heavy atom. The molecule has 2 fully saturated rings. The Bertz CT molecular complexity index is 358. The van der Waals surface area contributed by atoms with E-state index in [0.29, 0.717) is 17.6 Å². The number of hydrogen-bond acceptors (Lipinski definition) is 2. The molecule has 5 atom stereocenters. The summed E-state index contributed by atoms with van der Waals surface area (Å²) in [6.07, 6.45) is 6.53. The average Bonchev–Trinajstić information content (AvgIpc) is 2.67. The van der Waals surface area contributed by atoms with Crippen molar-refractivity contribution in [3.05, 3.63) is 12.2 Å². The quantitative estimate of drug-likeness (QED) is 0.635. The van der Waals surface area contributed by atoms with E-state index in [1.54, 1.807) is 0 Å². The summed E-state index contributed by atoms with van der Waals surface area (Å²) in [6, 6.07) is 0. The van der Waals surface area contributed by atoms with Crippen molar-refractivity contribution >= 4 is 5.78 Å². The van der Waals surface area contributed by atoms with Crippen molar-refractivity contribution in [2.75, 3.05) is 0 Å². The van der Waals surface area contributed by atoms with Crippen molar-refractivity contribution in [1.82, 2.24) is 0 Å². The number of carbonyl (C=O) groups is 1. The molecule has 0 aromatic carbocycles. The van der Waals surface area contributed by atoms with Crippen LogP contribution in [0.4, 0.5) is 0 Å². The summed E-state index contributed by atoms with van der Waals surface area (Å²) in [5.74, 6) is 1.67. The highest BCUT2D eigenvalue weighted by Crippen LogP contribution is 2.53. The molecule has 2 nitrogen and oxygen atoms in total. The fourth-order valence-electron chi connectivity index (χ4n) is 3.81. The molecule has 3 aliphatic rings. The third-order valence-corrected chi connectivity index (χ3v) is 4.94. The second kappa shape index (κ2) is 3.19. The zero-order valence-electron chi connectivity index (χ0n) is 10.3. The zero-order valence-corrected chi connectivity index (χ0v) is 10.3. The first-order chi connectivity index (χ1) is 7.54. The van der Waals surface area contributed by atoms with E-state index in [1.807, 2.05) is 0 Å². The average molecular weight is 220 g/mol. The summed E-state index contributed by atoms with van der Waals surface area (Å²) in [6.45, 7) is 6.55. The van der Waals surface area contributed by atoms with Gasteiger partial charge in [-0.05, 0) is 31.6 Å². The maximum absolute atomic E-state index is 12.6. The van der Waals surface area contributed by atoms with Crippen molar-refractivity contribution in [3.8, 4) is 0 Å². The van der Waals surface area contributed by atoms with Crippen molar-refractivity contribution in [1.29, 1.82) is 0 Å². The Balaban J connectivity index is 2.02. The second-order valence-electron chi connectivity index (χ2n) is 6.16. The van der Waals surface area contributed by atoms with Gasteiger partial charge >= 0.3 is 0 Å². The molecule has 2 heterocycles. The molecule has 16 heavy (non-hydrogen) atoms. The molecule has 1 saturated carbocycles. The van der Waals surface area contributed by atoms with Crippen molar-refractivity contribution in [2.24, 2.45) is 23.2 Å². The normalized spacial score (nSPS) is 50.1. The maximum Gasteiger partial charge on any atom is 0.147 e. The van der Waals surface area contributed by atoms with E-state index in [1.165, 1.54) is 6.42 Å². The lowest BCUT2D eigenvalue weighted by atomic mass is 9.59. The largest absolute Gasteiger partial charge is 0.365 e. The number of hydrogen-bond donors (Lipinski definition) is 0. The molecule has 88 valence electrons. The Labute approximate surface area is 97.1 Å². The van der Waals surface area contributed by atoms with E-state index in [0.717, 1.165) is 6.42 Å². The fraction of sp³-hybridized carbons (Fsp3) is 0.786. The monoisotopic (exact) mass is 220 g/mol. The van der Waals surface area contributed by atoms with E-state index in [-0.39, 0.29) is 23.5 Å². The SMILES string of the molecule is CC(C)C1CCC2(C)C(=O)C1C1C=CC2O1. The summed E-state index contributed by atoms with van der Waals surface area (Å²) >= 11 is 0. The van der Waals surface area contributed by atoms with Gasteiger partial charge in [0.25, 0.3) is 0 Å². The molecule has 0 spiro atoms. The van der Waals surface area contributed by atoms with Crippen LogP contribution in [0.25, 0.3) is 0 Å². The Morgan fingerprint density at radius 3 is 2.88 bits per heavy atom. The summed E-state index contributed by atoms with van der Waals surface area (Å²) < 4.78 is 5.99. The molecular formula is C14H20O2. The van der Waals surface area contributed by atoms with Gasteiger partial charge in [-0.2, -0.15) is 0 Å². The molecule has 5 unspecified atom stereocenters. The topological polar surface area (TPSA) is 26.3 Å². The van der Waals surface area contributed by atoms with Crippen molar-refractivity contribution < 1.29 is 9.53 Å². The smallest absolute Gasteiger partial charge is 0.147 e. The van der Waals surface area contributed by atoms with Gasteiger partial charge in [-0.15, -0.1) is 0 Å². The Morgan fingerprint density at radius 2 is 2.19 bits per heavy atom. The van der Waals surface area contributed by atoms with E-state index in [4.69, 9.17) is 4.74 Å². The van der Waals surface area contributed by atoms with Crippen LogP contribution in [-0.4, -0.2) is 18.0 Å². The first-order valence-corrected chi connectivity index (χ1v) is 6.42. The molecule has 0 aromatic rings. The van der Waals surface area contributed by atoms with Crippen LogP contribution in [0.1, 0.15) is 33.6 Å². The van der Waals surface area contributed by atoms with Gasteiger partial charge < -0.3 is 4.74 Å². The first kappa shape index (κ1) is 10.5. The first-order valence-electron chi connectivity index (χ1n) is 6.42. The highest BCUT2D eigenvalue weighted by molar-refractivity contribution is 5.90. The number of carbonyl (C=O) groups excluding carboxylic acids is 1. The molecule has 0 aromatic heterocycles. The van der Waals surface area contributed by atoms with Crippen LogP contribution < -0.4 is 0 Å². The summed E-state index contributed by atoms with van der Waals surface area (Å²) in [5, 5.41) is 0. The summed E-state index contributed by atoms with van der Waals surface area (Å²) in [7, 11) is 0. The summed E-state index contributed by atoms with van der Waals surface area (Å²) in [5.41, 5.74) is -0.237. The minimum atomic E-state index is -0.237. The Kier molecular flexibility index (Phi) is 2.10. The van der Waals surface area contributed by atoms with Gasteiger partial charge in [0, 0.05) is 0 Å². The number of rotatable bonds is 1. The summed E-state index contributed by atoms with van der Waals surface area (Å²) in [4.78, 5) is 12.6. The number of fused-ring (bicyclic) bond motifs is 6. The van der Waals surface area contributed by atoms with Gasteiger partial charge in [0.1, 0.15) is 5.78 Å². The molecule has 2 aliphatic heterocycles. The molecule has 1 aliphatic carbocycles. The second-order valence-corrected chi connectivity index (χ2v) is 6.16. The lowest BCUT2D eigenvalue weighted by Crippen LogP contribution is -2.57. The fourth-order valence-corrected chi connectivity index (χ4v) is 3.81. The van der Waals surface area contributed by atoms with Crippen LogP contribution in [0.15, 0.2) is 12.2 Å². The van der Waals surface area contributed by atoms with Gasteiger partial charge in [-0.1, -0.05) is 26.0 Å². The van der Waals surface area contributed by atoms with Crippen LogP contribution in [-0.2, 0) is 9.53 Å². The van der Waals surface area contributed by atoms with Crippen molar-refractivity contribution in [3.63, 3.8) is 0 Å². The predicted octanol–water partition coefficient (Wildman–Crippen LogP) is 2.58. The number of Topliss-reactive ketones (excluding diaryl/α,β-unsaturated/α-hetero) is 1. The predicted molar refractivity (Wildman–Crippen MR) is 62.0 cm³/mol. The lowest BCUT2D eigenvalue weighted by molar-refractivity contribution is -0.173. The van der Waals surface area contributed by atoms with E-state index >= 15 is 0 Å². The van der Waals surface area contributed by atoms with Crippen molar-refractivity contribution in [2.45, 2.75) is 45.8 Å². The van der Waals surface area contributed by atoms with Crippen LogP contribution in [0.5, 0.6) is 0 Å². The highest BCUT2D eigenvalue weighted by atomic mass is 16.5. The standard InChI is InChI=1S/C14H20O2/c1-8(2)9-6-7-14(3)11-5-4-10(16-11)12(9)13(14)15/h4-5,8-12H,6-7H2,1-3H3. The molecule has 3 rings (SSSR count). The number of ether oxygens (including phenoxy) is 1. The highest BCUT2D eigenvalue weighted by Gasteiger charge is 2.58. The maximum atomic E-state index is 12.6. The van der Waals surface area contributed by atoms with E-state index in [9.17, 15) is 4.79 Å². The van der Waals surface area contributed by atoms with Gasteiger partial charge in [-0.25, -0.2) is 0 Å². The van der Waals surface area contributed by atoms with Gasteiger partial charge in [0.05, 0.1) is 23.5 Å². The lowest BCUT2D eigenvalue weighted by Gasteiger charge is -2.50. The molecule has 4 bridgehead atoms. The van der Waals surface area contributed by atoms with Crippen LogP contribution in [0.3, 0.4) is 0 Å². The van der Waals surface area contributed by atoms with Crippen LogP contribution in [0.2, 0.25) is 0 Å². The van der Waals surface area contributed by atoms with E-state index in [2.05, 4.69) is 32.9 Å². The van der Waals surface area contributed by atoms with Gasteiger partial charge in [0.2, 0.25) is 0 Å². The molecule has 0 amide bonds. The minimum absolute atomic E-state index is 0.0503. The third-order valence-electron chi connectivity index (χ3n) is 4.94. The molecular weight excluding hydrogens is 200 g/mol. The van der Waals surface area contributed by atoms with Gasteiger partial charge in [0.15, 0.2) is 0 Å². The number of ketones is 1. The van der Waals surface area contributed by atoms with Crippen LogP contribution in [0, 0.1) is 23.2 Å². The zero-order chi connectivity index (χ0) is 11.5. The Hall–Kier alpha value is -0.630. The molecule has 0 radical (unpaired) electrons. The van der Waals surface area contributed by atoms with Crippen LogP contribution >= 0.6 is 0 Å². The van der Waals surface area contributed by atoms with E-state index < -0.39 is 0 Å².